The molecule has 1 atom stereocenters. The molecule has 0 bridgehead atoms. The maximum Gasteiger partial charge on any atom is 0.349 e. The fourth-order valence-corrected chi connectivity index (χ4v) is 4.59. The first-order valence-corrected chi connectivity index (χ1v) is 13.0. The summed E-state index contributed by atoms with van der Waals surface area (Å²) < 4.78 is 16.8. The Hall–Kier alpha value is -5.10. The first-order valence-electron chi connectivity index (χ1n) is 13.0. The third-order valence-corrected chi connectivity index (χ3v) is 6.51. The first kappa shape index (κ1) is 26.5. The molecule has 0 heterocycles. The number of carbonyl (C=O) groups is 2. The van der Waals surface area contributed by atoms with Crippen LogP contribution >= 0.6 is 0 Å². The second-order valence-electron chi connectivity index (χ2n) is 9.21. The first-order chi connectivity index (χ1) is 19.6. The van der Waals surface area contributed by atoms with Crippen molar-refractivity contribution in [2.45, 2.75) is 12.5 Å². The fraction of sp³-hybridized carbons (Fsp3) is 0.118. The van der Waals surface area contributed by atoms with Gasteiger partial charge in [-0.3, -0.25) is 4.79 Å². The molecule has 5 aromatic rings. The Bertz CT molecular complexity index is 1580. The number of fused-ring (bicyclic) bond motifs is 1. The molecule has 5 aromatic carbocycles. The number of para-hydroxylation sites is 1. The van der Waals surface area contributed by atoms with Crippen molar-refractivity contribution >= 4 is 22.6 Å². The van der Waals surface area contributed by atoms with Crippen molar-refractivity contribution in [1.29, 1.82) is 0 Å². The molecule has 0 aromatic heterocycles. The Morgan fingerprint density at radius 1 is 0.725 bits per heavy atom. The molecule has 6 nitrogen and oxygen atoms in total. The monoisotopic (exact) mass is 531 g/mol. The molecule has 0 aliphatic rings. The number of hydrogen-bond donors (Lipinski definition) is 1. The Morgan fingerprint density at radius 3 is 2.12 bits per heavy atom. The van der Waals surface area contributed by atoms with Gasteiger partial charge in [-0.15, -0.1) is 0 Å². The normalized spacial score (nSPS) is 11.4. The zero-order chi connectivity index (χ0) is 27.7. The molecule has 0 aliphatic carbocycles. The molecular formula is C34H29NO5. The Labute approximate surface area is 233 Å². The Balaban J connectivity index is 1.52. The van der Waals surface area contributed by atoms with Crippen LogP contribution in [0.2, 0.25) is 0 Å². The van der Waals surface area contributed by atoms with Gasteiger partial charge in [0.2, 0.25) is 5.91 Å². The molecule has 0 saturated carbocycles. The van der Waals surface area contributed by atoms with Crippen molar-refractivity contribution in [3.63, 3.8) is 0 Å². The zero-order valence-electron chi connectivity index (χ0n) is 22.1. The lowest BCUT2D eigenvalue weighted by Gasteiger charge is -2.24. The molecular weight excluding hydrogens is 502 g/mol. The van der Waals surface area contributed by atoms with E-state index in [2.05, 4.69) is 5.32 Å². The second kappa shape index (κ2) is 12.6. The van der Waals surface area contributed by atoms with Crippen LogP contribution in [0.4, 0.5) is 0 Å². The number of benzene rings is 5. The minimum atomic E-state index is -0.605. The maximum absolute atomic E-state index is 13.4. The summed E-state index contributed by atoms with van der Waals surface area (Å²) in [4.78, 5) is 26.3. The summed E-state index contributed by atoms with van der Waals surface area (Å²) in [5.41, 5.74) is 2.39. The average molecular weight is 532 g/mol. The van der Waals surface area contributed by atoms with E-state index in [0.29, 0.717) is 22.8 Å². The third kappa shape index (κ3) is 6.48. The van der Waals surface area contributed by atoms with E-state index in [9.17, 15) is 9.59 Å². The largest absolute Gasteiger partial charge is 0.497 e. The van der Waals surface area contributed by atoms with Crippen LogP contribution in [0.3, 0.4) is 0 Å². The van der Waals surface area contributed by atoms with Crippen LogP contribution in [0, 0.1) is 0 Å². The van der Waals surface area contributed by atoms with E-state index in [1.807, 2.05) is 103 Å². The molecule has 0 saturated heterocycles. The van der Waals surface area contributed by atoms with Crippen LogP contribution in [0.25, 0.3) is 10.8 Å². The standard InChI is InChI=1S/C34H29NO5/c1-38-27-19-16-26(17-20-27)34(35-31(36)22-24-10-4-2-5-11-24)33-29-15-9-8-12-25(29)18-21-30(33)40-32(37)23-39-28-13-6-3-7-14-28/h2-21,34H,22-23H2,1H3,(H,35,36)/t34-/m0/s1. The highest BCUT2D eigenvalue weighted by molar-refractivity contribution is 5.91. The maximum atomic E-state index is 13.4. The van der Waals surface area contributed by atoms with Crippen LogP contribution < -0.4 is 19.5 Å². The van der Waals surface area contributed by atoms with Crippen molar-refractivity contribution in [3.8, 4) is 17.2 Å². The van der Waals surface area contributed by atoms with Crippen LogP contribution in [-0.2, 0) is 16.0 Å². The van der Waals surface area contributed by atoms with Crippen molar-refractivity contribution in [3.05, 3.63) is 138 Å². The molecule has 0 fully saturated rings. The minimum Gasteiger partial charge on any atom is -0.497 e. The summed E-state index contributed by atoms with van der Waals surface area (Å²) >= 11 is 0. The SMILES string of the molecule is COc1ccc([C@H](NC(=O)Cc2ccccc2)c2c(OC(=O)COc3ccccc3)ccc3ccccc23)cc1. The fourth-order valence-electron chi connectivity index (χ4n) is 4.59. The summed E-state index contributed by atoms with van der Waals surface area (Å²) in [6, 6.07) is 37.0. The number of esters is 1. The Kier molecular flexibility index (Phi) is 8.37. The minimum absolute atomic E-state index is 0.162. The lowest BCUT2D eigenvalue weighted by atomic mass is 9.92. The highest BCUT2D eigenvalue weighted by Crippen LogP contribution is 2.37. The average Bonchev–Trinajstić information content (AvgIpc) is 3.00. The van der Waals surface area contributed by atoms with Crippen LogP contribution in [0.5, 0.6) is 17.2 Å². The number of hydrogen-bond acceptors (Lipinski definition) is 5. The zero-order valence-corrected chi connectivity index (χ0v) is 22.1. The summed E-state index contributed by atoms with van der Waals surface area (Å²) in [6.07, 6.45) is 0.207. The molecule has 0 radical (unpaired) electrons. The predicted molar refractivity (Wildman–Crippen MR) is 155 cm³/mol. The summed E-state index contributed by atoms with van der Waals surface area (Å²) in [5.74, 6) is 0.901. The van der Waals surface area contributed by atoms with Gasteiger partial charge >= 0.3 is 5.97 Å². The van der Waals surface area contributed by atoms with Crippen molar-refractivity contribution in [1.82, 2.24) is 5.32 Å². The number of rotatable bonds is 10. The highest BCUT2D eigenvalue weighted by atomic mass is 16.6. The Morgan fingerprint density at radius 2 is 1.40 bits per heavy atom. The van der Waals surface area contributed by atoms with E-state index in [4.69, 9.17) is 14.2 Å². The molecule has 0 unspecified atom stereocenters. The topological polar surface area (TPSA) is 73.9 Å². The van der Waals surface area contributed by atoms with Gasteiger partial charge in [-0.2, -0.15) is 0 Å². The third-order valence-electron chi connectivity index (χ3n) is 6.51. The second-order valence-corrected chi connectivity index (χ2v) is 9.21. The summed E-state index contributed by atoms with van der Waals surface area (Å²) in [5, 5.41) is 5.01. The quantitative estimate of drug-likeness (QED) is 0.170. The van der Waals surface area contributed by atoms with Gasteiger partial charge in [-0.25, -0.2) is 4.79 Å². The molecule has 40 heavy (non-hydrogen) atoms. The molecule has 1 N–H and O–H groups in total. The van der Waals surface area contributed by atoms with Gasteiger partial charge in [0, 0.05) is 5.56 Å². The van der Waals surface area contributed by atoms with Gasteiger partial charge in [-0.05, 0) is 52.2 Å². The van der Waals surface area contributed by atoms with E-state index in [1.165, 1.54) is 0 Å². The highest BCUT2D eigenvalue weighted by Gasteiger charge is 2.25. The molecule has 0 spiro atoms. The number of amides is 1. The van der Waals surface area contributed by atoms with Crippen LogP contribution in [0.1, 0.15) is 22.7 Å². The van der Waals surface area contributed by atoms with Crippen molar-refractivity contribution < 1.29 is 23.8 Å². The number of carbonyl (C=O) groups excluding carboxylic acids is 2. The van der Waals surface area contributed by atoms with Gasteiger partial charge in [0.15, 0.2) is 6.61 Å². The smallest absolute Gasteiger partial charge is 0.349 e. The van der Waals surface area contributed by atoms with E-state index < -0.39 is 12.0 Å². The summed E-state index contributed by atoms with van der Waals surface area (Å²) in [7, 11) is 1.61. The number of ether oxygens (including phenoxy) is 3. The van der Waals surface area contributed by atoms with Crippen LogP contribution in [-0.4, -0.2) is 25.6 Å². The number of nitrogens with one attached hydrogen (secondary N) is 1. The van der Waals surface area contributed by atoms with E-state index >= 15 is 0 Å². The lowest BCUT2D eigenvalue weighted by molar-refractivity contribution is -0.136. The van der Waals surface area contributed by atoms with Gasteiger partial charge in [0.05, 0.1) is 19.6 Å². The van der Waals surface area contributed by atoms with Crippen LogP contribution in [0.15, 0.2) is 121 Å². The molecule has 1 amide bonds. The van der Waals surface area contributed by atoms with Crippen molar-refractivity contribution in [2.75, 3.05) is 13.7 Å². The number of methoxy groups -OCH3 is 1. The van der Waals surface area contributed by atoms with Gasteiger partial charge in [0.1, 0.15) is 17.2 Å². The van der Waals surface area contributed by atoms with Gasteiger partial charge in [0.25, 0.3) is 0 Å². The van der Waals surface area contributed by atoms with E-state index in [-0.39, 0.29) is 18.9 Å². The predicted octanol–water partition coefficient (Wildman–Crippen LogP) is 6.28. The van der Waals surface area contributed by atoms with Crippen molar-refractivity contribution in [2.24, 2.45) is 0 Å². The molecule has 5 rings (SSSR count). The van der Waals surface area contributed by atoms with Gasteiger partial charge < -0.3 is 19.5 Å². The lowest BCUT2D eigenvalue weighted by Crippen LogP contribution is -2.31. The van der Waals surface area contributed by atoms with E-state index in [1.54, 1.807) is 25.3 Å². The summed E-state index contributed by atoms with van der Waals surface area (Å²) in [6.45, 7) is -0.260. The van der Waals surface area contributed by atoms with Gasteiger partial charge in [-0.1, -0.05) is 91.0 Å². The molecule has 0 aliphatic heterocycles. The molecule has 6 heteroatoms. The molecule has 200 valence electrons. The van der Waals surface area contributed by atoms with E-state index in [0.717, 1.165) is 21.9 Å².